The summed E-state index contributed by atoms with van der Waals surface area (Å²) in [5, 5.41) is 8.16. The number of hydrogen-bond acceptors (Lipinski definition) is 4. The van der Waals surface area contributed by atoms with Crippen LogP contribution in [-0.2, 0) is 31.2 Å². The van der Waals surface area contributed by atoms with E-state index in [1.54, 1.807) is 0 Å². The highest BCUT2D eigenvalue weighted by molar-refractivity contribution is 5.26. The average Bonchev–Trinajstić information content (AvgIpc) is 2.74. The van der Waals surface area contributed by atoms with Gasteiger partial charge >= 0.3 is 0 Å². The number of rotatable bonds is 6. The van der Waals surface area contributed by atoms with Gasteiger partial charge < -0.3 is 15.0 Å². The number of nitrogens with one attached hydrogen (secondary N) is 1. The zero-order chi connectivity index (χ0) is 14.5. The number of aromatic nitrogens is 2. The van der Waals surface area contributed by atoms with Crippen molar-refractivity contribution in [1.29, 1.82) is 0 Å². The van der Waals surface area contributed by atoms with E-state index >= 15 is 0 Å². The Hall–Kier alpha value is -0.910. The van der Waals surface area contributed by atoms with Crippen molar-refractivity contribution in [2.24, 2.45) is 7.05 Å². The predicted molar refractivity (Wildman–Crippen MR) is 80.9 cm³/mol. The molecule has 0 spiro atoms. The highest BCUT2D eigenvalue weighted by Gasteiger charge is 2.18. The minimum Gasteiger partial charge on any atom is -0.374 e. The summed E-state index contributed by atoms with van der Waals surface area (Å²) in [4.78, 5) is 2.33. The van der Waals surface area contributed by atoms with Crippen LogP contribution in [0.1, 0.15) is 30.8 Å². The van der Waals surface area contributed by atoms with E-state index in [1.165, 1.54) is 17.0 Å². The van der Waals surface area contributed by atoms with Gasteiger partial charge in [0.2, 0.25) is 0 Å². The zero-order valence-electron chi connectivity index (χ0n) is 13.3. The van der Waals surface area contributed by atoms with E-state index in [4.69, 9.17) is 4.74 Å². The third-order valence-corrected chi connectivity index (χ3v) is 4.04. The maximum absolute atomic E-state index is 5.78. The van der Waals surface area contributed by atoms with Crippen LogP contribution in [0, 0.1) is 0 Å². The SMILES string of the molecule is CCc1nn(C)c(CC)c1CNC[C@H]1CN(C)CCO1. The first kappa shape index (κ1) is 15.5. The molecule has 20 heavy (non-hydrogen) atoms. The van der Waals surface area contributed by atoms with Crippen molar-refractivity contribution >= 4 is 0 Å². The van der Waals surface area contributed by atoms with Gasteiger partial charge in [-0.3, -0.25) is 4.68 Å². The molecule has 1 aromatic rings. The summed E-state index contributed by atoms with van der Waals surface area (Å²) in [6, 6.07) is 0. The molecule has 5 heteroatoms. The molecule has 2 rings (SSSR count). The van der Waals surface area contributed by atoms with Crippen LogP contribution in [0.5, 0.6) is 0 Å². The summed E-state index contributed by atoms with van der Waals surface area (Å²) in [6.07, 6.45) is 2.33. The van der Waals surface area contributed by atoms with Crippen molar-refractivity contribution in [1.82, 2.24) is 20.0 Å². The highest BCUT2D eigenvalue weighted by atomic mass is 16.5. The van der Waals surface area contributed by atoms with Gasteiger partial charge in [0.1, 0.15) is 0 Å². The molecule has 0 aliphatic carbocycles. The third kappa shape index (κ3) is 3.59. The molecule has 5 nitrogen and oxygen atoms in total. The first-order valence-electron chi connectivity index (χ1n) is 7.70. The number of morpholine rings is 1. The summed E-state index contributed by atoms with van der Waals surface area (Å²) >= 11 is 0. The van der Waals surface area contributed by atoms with Crippen molar-refractivity contribution in [3.8, 4) is 0 Å². The van der Waals surface area contributed by atoms with Gasteiger partial charge in [0.15, 0.2) is 0 Å². The second-order valence-electron chi connectivity index (χ2n) is 5.59. The van der Waals surface area contributed by atoms with Crippen LogP contribution in [0.25, 0.3) is 0 Å². The van der Waals surface area contributed by atoms with Gasteiger partial charge in [-0.25, -0.2) is 0 Å². The number of hydrogen-bond donors (Lipinski definition) is 1. The zero-order valence-corrected chi connectivity index (χ0v) is 13.3. The molecule has 1 N–H and O–H groups in total. The molecule has 2 heterocycles. The van der Waals surface area contributed by atoms with Gasteiger partial charge in [-0.2, -0.15) is 5.10 Å². The van der Waals surface area contributed by atoms with Gasteiger partial charge in [0, 0.05) is 44.5 Å². The van der Waals surface area contributed by atoms with E-state index in [2.05, 4.69) is 36.2 Å². The van der Waals surface area contributed by atoms with Gasteiger partial charge in [0.05, 0.1) is 18.4 Å². The summed E-state index contributed by atoms with van der Waals surface area (Å²) in [5.74, 6) is 0. The molecule has 114 valence electrons. The third-order valence-electron chi connectivity index (χ3n) is 4.04. The molecule has 1 fully saturated rings. The Kier molecular flexibility index (Phi) is 5.57. The van der Waals surface area contributed by atoms with Crippen LogP contribution >= 0.6 is 0 Å². The van der Waals surface area contributed by atoms with Gasteiger partial charge in [-0.15, -0.1) is 0 Å². The average molecular weight is 280 g/mol. The lowest BCUT2D eigenvalue weighted by atomic mass is 10.1. The number of likely N-dealkylation sites (N-methyl/N-ethyl adjacent to an activating group) is 1. The quantitative estimate of drug-likeness (QED) is 0.843. The molecule has 1 aromatic heterocycles. The Bertz CT molecular complexity index is 430. The van der Waals surface area contributed by atoms with Crippen LogP contribution < -0.4 is 5.32 Å². The standard InChI is InChI=1S/C15H28N4O/c1-5-14-13(15(6-2)19(4)17-14)10-16-9-12-11-18(3)7-8-20-12/h12,16H,5-11H2,1-4H3/t12-/m0/s1. The molecule has 0 unspecified atom stereocenters. The monoisotopic (exact) mass is 280 g/mol. The summed E-state index contributed by atoms with van der Waals surface area (Å²) in [6.45, 7) is 9.06. The van der Waals surface area contributed by atoms with Crippen LogP contribution in [0.2, 0.25) is 0 Å². The lowest BCUT2D eigenvalue weighted by Gasteiger charge is -2.30. The predicted octanol–water partition coefficient (Wildman–Crippen LogP) is 0.965. The molecule has 1 aliphatic heterocycles. The van der Waals surface area contributed by atoms with Crippen molar-refractivity contribution in [3.63, 3.8) is 0 Å². The normalized spacial score (nSPS) is 20.5. The van der Waals surface area contributed by atoms with Crippen molar-refractivity contribution < 1.29 is 4.74 Å². The first-order chi connectivity index (χ1) is 9.65. The number of aryl methyl sites for hydroxylation is 2. The van der Waals surface area contributed by atoms with Gasteiger partial charge in [-0.05, 0) is 19.9 Å². The fourth-order valence-corrected chi connectivity index (χ4v) is 2.94. The summed E-state index contributed by atoms with van der Waals surface area (Å²) in [7, 11) is 4.20. The largest absolute Gasteiger partial charge is 0.374 e. The van der Waals surface area contributed by atoms with E-state index < -0.39 is 0 Å². The Labute approximate surface area is 122 Å². The fourth-order valence-electron chi connectivity index (χ4n) is 2.94. The maximum atomic E-state index is 5.78. The van der Waals surface area contributed by atoms with Gasteiger partial charge in [-0.1, -0.05) is 13.8 Å². The lowest BCUT2D eigenvalue weighted by Crippen LogP contribution is -2.44. The highest BCUT2D eigenvalue weighted by Crippen LogP contribution is 2.15. The Morgan fingerprint density at radius 2 is 2.10 bits per heavy atom. The van der Waals surface area contributed by atoms with E-state index in [0.29, 0.717) is 6.10 Å². The first-order valence-corrected chi connectivity index (χ1v) is 7.70. The molecule has 1 saturated heterocycles. The molecular weight excluding hydrogens is 252 g/mol. The van der Waals surface area contributed by atoms with Crippen LogP contribution in [0.15, 0.2) is 0 Å². The second kappa shape index (κ2) is 7.20. The van der Waals surface area contributed by atoms with Crippen LogP contribution in [0.3, 0.4) is 0 Å². The molecule has 0 saturated carbocycles. The summed E-state index contributed by atoms with van der Waals surface area (Å²) < 4.78 is 7.81. The lowest BCUT2D eigenvalue weighted by molar-refractivity contribution is -0.0182. The number of nitrogens with zero attached hydrogens (tertiary/aromatic N) is 3. The second-order valence-corrected chi connectivity index (χ2v) is 5.59. The smallest absolute Gasteiger partial charge is 0.0826 e. The van der Waals surface area contributed by atoms with E-state index in [0.717, 1.165) is 45.6 Å². The summed E-state index contributed by atoms with van der Waals surface area (Å²) in [5.41, 5.74) is 3.94. The van der Waals surface area contributed by atoms with Gasteiger partial charge in [0.25, 0.3) is 0 Å². The van der Waals surface area contributed by atoms with Crippen LogP contribution in [0.4, 0.5) is 0 Å². The molecule has 0 amide bonds. The molecule has 0 radical (unpaired) electrons. The maximum Gasteiger partial charge on any atom is 0.0826 e. The minimum atomic E-state index is 0.306. The van der Waals surface area contributed by atoms with Crippen LogP contribution in [-0.4, -0.2) is 54.1 Å². The van der Waals surface area contributed by atoms with E-state index in [1.807, 2.05) is 11.7 Å². The Balaban J connectivity index is 1.90. The Morgan fingerprint density at radius 3 is 2.75 bits per heavy atom. The molecule has 1 atom stereocenters. The fraction of sp³-hybridized carbons (Fsp3) is 0.800. The van der Waals surface area contributed by atoms with E-state index in [9.17, 15) is 0 Å². The molecule has 0 bridgehead atoms. The van der Waals surface area contributed by atoms with E-state index in [-0.39, 0.29) is 0 Å². The van der Waals surface area contributed by atoms with Crippen molar-refractivity contribution in [3.05, 3.63) is 17.0 Å². The number of ether oxygens (including phenoxy) is 1. The topological polar surface area (TPSA) is 42.3 Å². The van der Waals surface area contributed by atoms with Crippen molar-refractivity contribution in [2.45, 2.75) is 39.3 Å². The molecular formula is C15H28N4O. The molecule has 1 aliphatic rings. The Morgan fingerprint density at radius 1 is 1.30 bits per heavy atom. The molecule has 0 aromatic carbocycles. The minimum absolute atomic E-state index is 0.306. The van der Waals surface area contributed by atoms with Crippen molar-refractivity contribution in [2.75, 3.05) is 33.3 Å².